The van der Waals surface area contributed by atoms with Crippen LogP contribution in [0.4, 0.5) is 0 Å². The van der Waals surface area contributed by atoms with Crippen molar-refractivity contribution in [3.63, 3.8) is 0 Å². The van der Waals surface area contributed by atoms with Crippen LogP contribution in [0, 0.1) is 47.3 Å². The highest BCUT2D eigenvalue weighted by Gasteiger charge is 2.24. The van der Waals surface area contributed by atoms with E-state index in [1.54, 1.807) is 0 Å². The first-order chi connectivity index (χ1) is 13.7. The molecule has 0 saturated heterocycles. The van der Waals surface area contributed by atoms with Crippen molar-refractivity contribution in [2.45, 2.75) is 141 Å². The maximum Gasteiger partial charge on any atom is -0.0391 e. The fraction of sp³-hybridized carbons (Fsp3) is 1.00. The van der Waals surface area contributed by atoms with Gasteiger partial charge in [0.15, 0.2) is 0 Å². The molecule has 0 spiro atoms. The van der Waals surface area contributed by atoms with Crippen LogP contribution < -0.4 is 0 Å². The minimum atomic E-state index is 0.908. The van der Waals surface area contributed by atoms with E-state index < -0.39 is 0 Å². The summed E-state index contributed by atoms with van der Waals surface area (Å²) in [5.41, 5.74) is 0. The summed E-state index contributed by atoms with van der Waals surface area (Å²) in [6, 6.07) is 0. The van der Waals surface area contributed by atoms with E-state index in [2.05, 4.69) is 55.4 Å². The zero-order chi connectivity index (χ0) is 23.0. The first-order valence-electron chi connectivity index (χ1n) is 13.7. The summed E-state index contributed by atoms with van der Waals surface area (Å²) in [6.45, 7) is 27.1. The van der Waals surface area contributed by atoms with Crippen LogP contribution in [-0.4, -0.2) is 0 Å². The Morgan fingerprint density at radius 2 is 0.517 bits per heavy atom. The van der Waals surface area contributed by atoms with Crippen LogP contribution in [0.5, 0.6) is 0 Å². The van der Waals surface area contributed by atoms with Crippen LogP contribution in [0.1, 0.15) is 141 Å². The predicted octanol–water partition coefficient (Wildman–Crippen LogP) is 10.7. The molecule has 0 N–H and O–H groups in total. The normalized spacial score (nSPS) is 27.3. The minimum Gasteiger partial charge on any atom is -0.0683 e. The van der Waals surface area contributed by atoms with Gasteiger partial charge in [-0.15, -0.1) is 0 Å². The van der Waals surface area contributed by atoms with Gasteiger partial charge in [-0.3, -0.25) is 0 Å². The van der Waals surface area contributed by atoms with Gasteiger partial charge in [-0.1, -0.05) is 102 Å². The molecule has 2 atom stereocenters. The smallest absolute Gasteiger partial charge is 0.0391 e. The molecule has 0 nitrogen and oxygen atoms in total. The van der Waals surface area contributed by atoms with Crippen LogP contribution in [0.15, 0.2) is 0 Å². The van der Waals surface area contributed by atoms with Crippen molar-refractivity contribution in [1.29, 1.82) is 0 Å². The molecule has 2 aliphatic rings. The zero-order valence-electron chi connectivity index (χ0n) is 23.0. The second-order valence-corrected chi connectivity index (χ2v) is 10.7. The third-order valence-electron chi connectivity index (χ3n) is 7.65. The minimum absolute atomic E-state index is 0.908. The van der Waals surface area contributed by atoms with Gasteiger partial charge in [0.1, 0.15) is 0 Å². The molecule has 0 aromatic rings. The van der Waals surface area contributed by atoms with Gasteiger partial charge < -0.3 is 0 Å². The molecule has 0 bridgehead atoms. The SMILES string of the molecule is CC.CC.CC(C)C1CCC(C(C)C)CC1.CC(C)C1CCCC(C(C)C)CC1. The van der Waals surface area contributed by atoms with Crippen LogP contribution in [0.25, 0.3) is 0 Å². The second kappa shape index (κ2) is 18.7. The number of hydrogen-bond donors (Lipinski definition) is 0. The Bertz CT molecular complexity index is 285. The van der Waals surface area contributed by atoms with Crippen molar-refractivity contribution in [3.8, 4) is 0 Å². The average molecular weight is 411 g/mol. The summed E-state index contributed by atoms with van der Waals surface area (Å²) in [5, 5.41) is 0. The van der Waals surface area contributed by atoms with Gasteiger partial charge >= 0.3 is 0 Å². The monoisotopic (exact) mass is 410 g/mol. The molecule has 0 radical (unpaired) electrons. The van der Waals surface area contributed by atoms with Crippen LogP contribution in [0.2, 0.25) is 0 Å². The molecule has 29 heavy (non-hydrogen) atoms. The maximum absolute atomic E-state index is 2.39. The summed E-state index contributed by atoms with van der Waals surface area (Å²) < 4.78 is 0. The van der Waals surface area contributed by atoms with E-state index >= 15 is 0 Å². The predicted molar refractivity (Wildman–Crippen MR) is 138 cm³/mol. The van der Waals surface area contributed by atoms with E-state index in [0.29, 0.717) is 0 Å². The summed E-state index contributed by atoms with van der Waals surface area (Å²) >= 11 is 0. The summed E-state index contributed by atoms with van der Waals surface area (Å²) in [6.07, 6.45) is 13.4. The Kier molecular flexibility index (Phi) is 20.2. The highest BCUT2D eigenvalue weighted by molar-refractivity contribution is 4.76. The van der Waals surface area contributed by atoms with Gasteiger partial charge in [-0.05, 0) is 85.9 Å². The van der Waals surface area contributed by atoms with E-state index in [9.17, 15) is 0 Å². The highest BCUT2D eigenvalue weighted by atomic mass is 14.3. The molecular weight excluding hydrogens is 348 g/mol. The molecular formula is C29H62. The van der Waals surface area contributed by atoms with E-state index in [4.69, 9.17) is 0 Å². The molecule has 2 fully saturated rings. The van der Waals surface area contributed by atoms with E-state index in [0.717, 1.165) is 47.3 Å². The van der Waals surface area contributed by atoms with Gasteiger partial charge in [0.2, 0.25) is 0 Å². The maximum atomic E-state index is 2.39. The lowest BCUT2D eigenvalue weighted by atomic mass is 9.73. The second-order valence-electron chi connectivity index (χ2n) is 10.7. The third kappa shape index (κ3) is 13.8. The Hall–Kier alpha value is 0. The molecule has 2 saturated carbocycles. The standard InChI is InChI=1S/C13H26.C12H24.2C2H6/c1-10(2)12-6-5-7-13(9-8-12)11(3)4;1-9(2)11-5-7-12(8-6-11)10(3)4;2*1-2/h10-13H,5-9H2,1-4H3;9-12H,5-8H2,1-4H3;2*1-2H3. The van der Waals surface area contributed by atoms with E-state index in [-0.39, 0.29) is 0 Å². The Labute approximate surface area is 188 Å². The average Bonchev–Trinajstić information content (AvgIpc) is 2.98. The van der Waals surface area contributed by atoms with Crippen molar-refractivity contribution in [3.05, 3.63) is 0 Å². The number of rotatable bonds is 4. The molecule has 178 valence electrons. The van der Waals surface area contributed by atoms with Crippen molar-refractivity contribution < 1.29 is 0 Å². The van der Waals surface area contributed by atoms with Gasteiger partial charge in [-0.25, -0.2) is 0 Å². The molecule has 2 aliphatic carbocycles. The van der Waals surface area contributed by atoms with Crippen LogP contribution >= 0.6 is 0 Å². The number of hydrogen-bond acceptors (Lipinski definition) is 0. The fourth-order valence-corrected chi connectivity index (χ4v) is 5.17. The molecule has 0 heterocycles. The fourth-order valence-electron chi connectivity index (χ4n) is 5.17. The molecule has 0 heteroatoms. The van der Waals surface area contributed by atoms with E-state index in [1.165, 1.54) is 57.8 Å². The zero-order valence-corrected chi connectivity index (χ0v) is 23.0. The first-order valence-corrected chi connectivity index (χ1v) is 13.7. The van der Waals surface area contributed by atoms with Crippen LogP contribution in [0.3, 0.4) is 0 Å². The first kappa shape index (κ1) is 31.2. The van der Waals surface area contributed by atoms with Crippen molar-refractivity contribution >= 4 is 0 Å². The Morgan fingerprint density at radius 1 is 0.345 bits per heavy atom. The lowest BCUT2D eigenvalue weighted by molar-refractivity contribution is 0.189. The molecule has 0 aromatic heterocycles. The lowest BCUT2D eigenvalue weighted by Crippen LogP contribution is -2.21. The topological polar surface area (TPSA) is 0 Å². The van der Waals surface area contributed by atoms with Gasteiger partial charge in [0.25, 0.3) is 0 Å². The summed E-state index contributed by atoms with van der Waals surface area (Å²) in [4.78, 5) is 0. The Balaban J connectivity index is 0. The Morgan fingerprint density at radius 3 is 0.690 bits per heavy atom. The van der Waals surface area contributed by atoms with Gasteiger partial charge in [0, 0.05) is 0 Å². The molecule has 2 unspecified atom stereocenters. The summed E-state index contributed by atoms with van der Waals surface area (Å²) in [7, 11) is 0. The van der Waals surface area contributed by atoms with Crippen molar-refractivity contribution in [1.82, 2.24) is 0 Å². The van der Waals surface area contributed by atoms with Gasteiger partial charge in [-0.2, -0.15) is 0 Å². The van der Waals surface area contributed by atoms with Crippen molar-refractivity contribution in [2.75, 3.05) is 0 Å². The molecule has 0 aromatic carbocycles. The lowest BCUT2D eigenvalue weighted by Gasteiger charge is -2.32. The largest absolute Gasteiger partial charge is 0.0683 e. The molecule has 0 amide bonds. The van der Waals surface area contributed by atoms with E-state index in [1.807, 2.05) is 27.7 Å². The third-order valence-corrected chi connectivity index (χ3v) is 7.65. The molecule has 0 aliphatic heterocycles. The van der Waals surface area contributed by atoms with Crippen LogP contribution in [-0.2, 0) is 0 Å². The highest BCUT2D eigenvalue weighted by Crippen LogP contribution is 2.36. The van der Waals surface area contributed by atoms with Gasteiger partial charge in [0.05, 0.1) is 0 Å². The summed E-state index contributed by atoms with van der Waals surface area (Å²) in [5.74, 6) is 7.74. The quantitative estimate of drug-likeness (QED) is 0.404. The molecule has 2 rings (SSSR count). The van der Waals surface area contributed by atoms with Crippen molar-refractivity contribution in [2.24, 2.45) is 47.3 Å².